The van der Waals surface area contributed by atoms with Gasteiger partial charge in [0.2, 0.25) is 0 Å². The van der Waals surface area contributed by atoms with Gasteiger partial charge in [-0.3, -0.25) is 0 Å². The molecule has 0 aromatic heterocycles. The molecule has 4 rings (SSSR count). The minimum absolute atomic E-state index is 0.0813. The quantitative estimate of drug-likeness (QED) is 0.870. The lowest BCUT2D eigenvalue weighted by Gasteiger charge is -2.18. The summed E-state index contributed by atoms with van der Waals surface area (Å²) in [5.74, 6) is 3.79. The zero-order valence-electron chi connectivity index (χ0n) is 11.7. The van der Waals surface area contributed by atoms with Crippen LogP contribution in [0.3, 0.4) is 0 Å². The summed E-state index contributed by atoms with van der Waals surface area (Å²) in [7, 11) is 0. The average Bonchev–Trinajstić information content (AvgIpc) is 2.81. The smallest absolute Gasteiger partial charge is 0.126 e. The molecule has 0 spiro atoms. The predicted octanol–water partition coefficient (Wildman–Crippen LogP) is 3.83. The van der Waals surface area contributed by atoms with Crippen LogP contribution in [-0.4, -0.2) is 6.04 Å². The van der Waals surface area contributed by atoms with E-state index in [2.05, 4.69) is 18.3 Å². The van der Waals surface area contributed by atoms with Gasteiger partial charge in [-0.2, -0.15) is 0 Å². The average molecular weight is 259 g/mol. The van der Waals surface area contributed by atoms with Crippen molar-refractivity contribution in [2.45, 2.75) is 45.2 Å². The molecule has 1 nitrogen and oxygen atoms in total. The molecular formula is C17H22FN. The largest absolute Gasteiger partial charge is 0.307 e. The van der Waals surface area contributed by atoms with E-state index in [-0.39, 0.29) is 11.9 Å². The van der Waals surface area contributed by atoms with E-state index in [4.69, 9.17) is 0 Å². The van der Waals surface area contributed by atoms with Crippen LogP contribution < -0.4 is 5.32 Å². The van der Waals surface area contributed by atoms with E-state index >= 15 is 0 Å². The van der Waals surface area contributed by atoms with Crippen molar-refractivity contribution in [3.8, 4) is 0 Å². The zero-order chi connectivity index (χ0) is 13.1. The number of halogens is 1. The first-order valence-electron chi connectivity index (χ1n) is 7.67. The van der Waals surface area contributed by atoms with Crippen LogP contribution in [0.1, 0.15) is 43.4 Å². The maximum absolute atomic E-state index is 13.6. The highest BCUT2D eigenvalue weighted by Crippen LogP contribution is 2.65. The Morgan fingerprint density at radius 2 is 1.89 bits per heavy atom. The van der Waals surface area contributed by atoms with Gasteiger partial charge in [-0.25, -0.2) is 4.39 Å². The van der Waals surface area contributed by atoms with Crippen LogP contribution in [-0.2, 0) is 0 Å². The molecule has 102 valence electrons. The van der Waals surface area contributed by atoms with E-state index in [9.17, 15) is 4.39 Å². The first-order valence-corrected chi connectivity index (χ1v) is 7.67. The van der Waals surface area contributed by atoms with Gasteiger partial charge in [-0.05, 0) is 74.0 Å². The molecule has 19 heavy (non-hydrogen) atoms. The minimum Gasteiger partial charge on any atom is -0.307 e. The summed E-state index contributed by atoms with van der Waals surface area (Å²) in [4.78, 5) is 0. The Morgan fingerprint density at radius 1 is 1.21 bits per heavy atom. The van der Waals surface area contributed by atoms with Crippen LogP contribution in [0.25, 0.3) is 0 Å². The maximum Gasteiger partial charge on any atom is 0.126 e. The lowest BCUT2D eigenvalue weighted by Crippen LogP contribution is -2.26. The van der Waals surface area contributed by atoms with Gasteiger partial charge in [-0.1, -0.05) is 12.1 Å². The maximum atomic E-state index is 13.6. The second-order valence-electron chi connectivity index (χ2n) is 6.91. The van der Waals surface area contributed by atoms with Crippen LogP contribution in [0, 0.1) is 36.4 Å². The summed E-state index contributed by atoms with van der Waals surface area (Å²) >= 11 is 0. The number of hydrogen-bond donors (Lipinski definition) is 1. The lowest BCUT2D eigenvalue weighted by molar-refractivity contribution is 0.432. The Hall–Kier alpha value is -0.890. The van der Waals surface area contributed by atoms with Crippen LogP contribution in [0.5, 0.6) is 0 Å². The van der Waals surface area contributed by atoms with Gasteiger partial charge in [-0.15, -0.1) is 0 Å². The third-order valence-corrected chi connectivity index (χ3v) is 5.87. The molecule has 1 N–H and O–H groups in total. The topological polar surface area (TPSA) is 12.0 Å². The van der Waals surface area contributed by atoms with Gasteiger partial charge in [0.05, 0.1) is 0 Å². The highest BCUT2D eigenvalue weighted by molar-refractivity contribution is 5.26. The molecule has 0 radical (unpaired) electrons. The molecule has 1 aromatic carbocycles. The third kappa shape index (κ3) is 1.76. The lowest BCUT2D eigenvalue weighted by atomic mass is 10.0. The highest BCUT2D eigenvalue weighted by atomic mass is 19.1. The molecule has 3 fully saturated rings. The van der Waals surface area contributed by atoms with Crippen molar-refractivity contribution in [3.05, 3.63) is 35.1 Å². The number of hydrogen-bond acceptors (Lipinski definition) is 1. The first kappa shape index (κ1) is 11.9. The van der Waals surface area contributed by atoms with E-state index in [0.717, 1.165) is 34.8 Å². The second-order valence-corrected chi connectivity index (χ2v) is 6.91. The fourth-order valence-electron chi connectivity index (χ4n) is 4.81. The van der Waals surface area contributed by atoms with Crippen molar-refractivity contribution in [2.24, 2.45) is 23.7 Å². The van der Waals surface area contributed by atoms with Gasteiger partial charge in [0.25, 0.3) is 0 Å². The summed E-state index contributed by atoms with van der Waals surface area (Å²) in [6.07, 6.45) is 4.40. The van der Waals surface area contributed by atoms with Crippen molar-refractivity contribution in [1.82, 2.24) is 5.32 Å². The molecule has 1 aromatic rings. The Morgan fingerprint density at radius 3 is 2.53 bits per heavy atom. The molecule has 0 saturated heterocycles. The van der Waals surface area contributed by atoms with E-state index in [1.165, 1.54) is 19.3 Å². The normalized spacial score (nSPS) is 40.3. The van der Waals surface area contributed by atoms with Crippen LogP contribution >= 0.6 is 0 Å². The number of nitrogens with one attached hydrogen (secondary N) is 1. The fourth-order valence-corrected chi connectivity index (χ4v) is 4.81. The monoisotopic (exact) mass is 259 g/mol. The van der Waals surface area contributed by atoms with Gasteiger partial charge in [0, 0.05) is 12.1 Å². The van der Waals surface area contributed by atoms with E-state index in [1.807, 2.05) is 13.0 Å². The van der Waals surface area contributed by atoms with E-state index in [0.29, 0.717) is 6.04 Å². The second kappa shape index (κ2) is 4.05. The fraction of sp³-hybridized carbons (Fsp3) is 0.647. The van der Waals surface area contributed by atoms with Crippen LogP contribution in [0.4, 0.5) is 4.39 Å². The molecule has 2 heteroatoms. The van der Waals surface area contributed by atoms with Gasteiger partial charge < -0.3 is 5.32 Å². The molecule has 3 aliphatic rings. The summed E-state index contributed by atoms with van der Waals surface area (Å²) in [6, 6.07) is 6.62. The Balaban J connectivity index is 1.45. The number of aryl methyl sites for hydroxylation is 1. The van der Waals surface area contributed by atoms with Gasteiger partial charge >= 0.3 is 0 Å². The summed E-state index contributed by atoms with van der Waals surface area (Å²) in [5.41, 5.74) is 1.82. The molecule has 3 saturated carbocycles. The standard InChI is InChI=1S/C17H22FN/c1-9-3-4-11(8-14(9)18)10(2)19-17-15-12-5-6-13(7-12)16(15)17/h3-4,8,10,12-13,15-17,19H,5-7H2,1-2H3. The predicted molar refractivity (Wildman–Crippen MR) is 74.3 cm³/mol. The van der Waals surface area contributed by atoms with Crippen LogP contribution in [0.15, 0.2) is 18.2 Å². The van der Waals surface area contributed by atoms with Crippen molar-refractivity contribution in [1.29, 1.82) is 0 Å². The molecule has 2 bridgehead atoms. The molecule has 0 aliphatic heterocycles. The van der Waals surface area contributed by atoms with Crippen molar-refractivity contribution in [3.63, 3.8) is 0 Å². The molecule has 3 aliphatic carbocycles. The molecule has 5 unspecified atom stereocenters. The SMILES string of the molecule is Cc1ccc(C(C)NC2C3C4CCC(C4)C23)cc1F. The highest BCUT2D eigenvalue weighted by Gasteiger charge is 2.64. The Labute approximate surface area is 114 Å². The number of rotatable bonds is 3. The van der Waals surface area contributed by atoms with Gasteiger partial charge in [0.1, 0.15) is 5.82 Å². The van der Waals surface area contributed by atoms with Crippen molar-refractivity contribution >= 4 is 0 Å². The van der Waals surface area contributed by atoms with Crippen molar-refractivity contribution < 1.29 is 4.39 Å². The Kier molecular flexibility index (Phi) is 2.54. The molecule has 5 atom stereocenters. The molecular weight excluding hydrogens is 237 g/mol. The molecule has 0 amide bonds. The number of fused-ring (bicyclic) bond motifs is 5. The van der Waals surface area contributed by atoms with E-state index in [1.54, 1.807) is 6.07 Å². The summed E-state index contributed by atoms with van der Waals surface area (Å²) in [6.45, 7) is 3.99. The number of benzene rings is 1. The summed E-state index contributed by atoms with van der Waals surface area (Å²) in [5, 5.41) is 3.75. The first-order chi connectivity index (χ1) is 9.15. The van der Waals surface area contributed by atoms with E-state index < -0.39 is 0 Å². The Bertz CT molecular complexity index is 496. The third-order valence-electron chi connectivity index (χ3n) is 5.87. The minimum atomic E-state index is -0.0813. The van der Waals surface area contributed by atoms with Crippen LogP contribution in [0.2, 0.25) is 0 Å². The zero-order valence-corrected chi connectivity index (χ0v) is 11.7. The molecule has 0 heterocycles. The summed E-state index contributed by atoms with van der Waals surface area (Å²) < 4.78 is 13.6. The van der Waals surface area contributed by atoms with Gasteiger partial charge in [0.15, 0.2) is 0 Å². The van der Waals surface area contributed by atoms with Crippen molar-refractivity contribution in [2.75, 3.05) is 0 Å².